The number of benzene rings is 1. The van der Waals surface area contributed by atoms with Crippen LogP contribution in [0.2, 0.25) is 0 Å². The molecule has 1 aromatic heterocycles. The van der Waals surface area contributed by atoms with Crippen molar-refractivity contribution in [2.24, 2.45) is 0 Å². The molecule has 8 nitrogen and oxygen atoms in total. The lowest BCUT2D eigenvalue weighted by molar-refractivity contribution is -0.152. The Morgan fingerprint density at radius 1 is 1.07 bits per heavy atom. The number of aromatic nitrogens is 2. The molecule has 0 N–H and O–H groups in total. The second kappa shape index (κ2) is 10.8. The van der Waals surface area contributed by atoms with Gasteiger partial charge in [-0.1, -0.05) is 22.0 Å². The molecule has 1 saturated heterocycles. The molecular formula is C20H23BrN4O4. The Labute approximate surface area is 178 Å². The van der Waals surface area contributed by atoms with Gasteiger partial charge in [0, 0.05) is 49.5 Å². The van der Waals surface area contributed by atoms with Crippen molar-refractivity contribution in [3.8, 4) is 5.75 Å². The van der Waals surface area contributed by atoms with E-state index < -0.39 is 5.97 Å². The molecule has 0 bridgehead atoms. The zero-order valence-electron chi connectivity index (χ0n) is 16.0. The van der Waals surface area contributed by atoms with Crippen LogP contribution in [0.5, 0.6) is 5.75 Å². The molecule has 3 rings (SSSR count). The van der Waals surface area contributed by atoms with Gasteiger partial charge in [-0.05, 0) is 30.7 Å². The SMILES string of the molecule is O=C(CCCOc1cccc(Br)c1)OCC(=O)N1CCN(c2ncccn2)CC1. The first-order chi connectivity index (χ1) is 14.1. The van der Waals surface area contributed by atoms with Gasteiger partial charge in [-0.15, -0.1) is 0 Å². The summed E-state index contributed by atoms with van der Waals surface area (Å²) in [6, 6.07) is 9.28. The van der Waals surface area contributed by atoms with E-state index in [-0.39, 0.29) is 18.9 Å². The molecule has 0 radical (unpaired) electrons. The minimum absolute atomic E-state index is 0.183. The van der Waals surface area contributed by atoms with Crippen LogP contribution >= 0.6 is 15.9 Å². The fourth-order valence-electron chi connectivity index (χ4n) is 2.88. The van der Waals surface area contributed by atoms with Gasteiger partial charge < -0.3 is 19.3 Å². The average molecular weight is 463 g/mol. The highest BCUT2D eigenvalue weighted by atomic mass is 79.9. The summed E-state index contributed by atoms with van der Waals surface area (Å²) in [5, 5.41) is 0. The molecule has 2 heterocycles. The third kappa shape index (κ3) is 6.70. The summed E-state index contributed by atoms with van der Waals surface area (Å²) in [7, 11) is 0. The van der Waals surface area contributed by atoms with Crippen LogP contribution in [-0.4, -0.2) is 66.1 Å². The molecule has 29 heavy (non-hydrogen) atoms. The van der Waals surface area contributed by atoms with E-state index in [9.17, 15) is 9.59 Å². The Bertz CT molecular complexity index is 813. The fraction of sp³-hybridized carbons (Fsp3) is 0.400. The molecule has 0 atom stereocenters. The van der Waals surface area contributed by atoms with Crippen molar-refractivity contribution in [2.75, 3.05) is 44.3 Å². The molecular weight excluding hydrogens is 440 g/mol. The van der Waals surface area contributed by atoms with Gasteiger partial charge in [0.25, 0.3) is 5.91 Å². The van der Waals surface area contributed by atoms with Gasteiger partial charge in [0.15, 0.2) is 6.61 Å². The van der Waals surface area contributed by atoms with E-state index in [4.69, 9.17) is 9.47 Å². The van der Waals surface area contributed by atoms with E-state index in [1.54, 1.807) is 23.4 Å². The second-order valence-corrected chi connectivity index (χ2v) is 7.40. The van der Waals surface area contributed by atoms with Crippen molar-refractivity contribution in [1.82, 2.24) is 14.9 Å². The van der Waals surface area contributed by atoms with Gasteiger partial charge in [0.1, 0.15) is 5.75 Å². The van der Waals surface area contributed by atoms with Crippen molar-refractivity contribution in [3.63, 3.8) is 0 Å². The number of anilines is 1. The third-order valence-electron chi connectivity index (χ3n) is 4.41. The van der Waals surface area contributed by atoms with Crippen LogP contribution in [0.3, 0.4) is 0 Å². The normalized spacial score (nSPS) is 13.8. The Morgan fingerprint density at radius 3 is 2.55 bits per heavy atom. The predicted molar refractivity (Wildman–Crippen MR) is 111 cm³/mol. The predicted octanol–water partition coefficient (Wildman–Crippen LogP) is 2.29. The Hall–Kier alpha value is -2.68. The summed E-state index contributed by atoms with van der Waals surface area (Å²) in [6.45, 7) is 2.58. The highest BCUT2D eigenvalue weighted by molar-refractivity contribution is 9.10. The standard InChI is InChI=1S/C20H23BrN4O4/c21-16-4-1-5-17(14-16)28-13-2-6-19(27)29-15-18(26)24-9-11-25(12-10-24)20-22-7-3-8-23-20/h1,3-5,7-8,14H,2,6,9-13,15H2. The van der Waals surface area contributed by atoms with Crippen LogP contribution in [-0.2, 0) is 14.3 Å². The quantitative estimate of drug-likeness (QED) is 0.439. The van der Waals surface area contributed by atoms with E-state index in [2.05, 4.69) is 25.9 Å². The summed E-state index contributed by atoms with van der Waals surface area (Å²) in [5.41, 5.74) is 0. The number of ether oxygens (including phenoxy) is 2. The van der Waals surface area contributed by atoms with Crippen LogP contribution in [0.25, 0.3) is 0 Å². The first-order valence-electron chi connectivity index (χ1n) is 9.45. The van der Waals surface area contributed by atoms with Gasteiger partial charge in [-0.25, -0.2) is 9.97 Å². The molecule has 9 heteroatoms. The molecule has 154 valence electrons. The van der Waals surface area contributed by atoms with Gasteiger partial charge in [0.2, 0.25) is 5.95 Å². The van der Waals surface area contributed by atoms with E-state index in [0.29, 0.717) is 45.2 Å². The molecule has 2 aromatic rings. The lowest BCUT2D eigenvalue weighted by Crippen LogP contribution is -2.50. The van der Waals surface area contributed by atoms with Crippen LogP contribution in [0.1, 0.15) is 12.8 Å². The zero-order valence-corrected chi connectivity index (χ0v) is 17.6. The Morgan fingerprint density at radius 2 is 1.83 bits per heavy atom. The maximum atomic E-state index is 12.3. The molecule has 1 aliphatic heterocycles. The molecule has 1 fully saturated rings. The fourth-order valence-corrected chi connectivity index (χ4v) is 3.26. The van der Waals surface area contributed by atoms with Crippen molar-refractivity contribution in [2.45, 2.75) is 12.8 Å². The number of rotatable bonds is 8. The van der Waals surface area contributed by atoms with E-state index >= 15 is 0 Å². The second-order valence-electron chi connectivity index (χ2n) is 6.49. The molecule has 1 aliphatic rings. The Kier molecular flexibility index (Phi) is 7.80. The van der Waals surface area contributed by atoms with Crippen LogP contribution < -0.4 is 9.64 Å². The van der Waals surface area contributed by atoms with Crippen molar-refractivity contribution in [3.05, 3.63) is 47.2 Å². The van der Waals surface area contributed by atoms with Crippen LogP contribution in [0, 0.1) is 0 Å². The van der Waals surface area contributed by atoms with Crippen LogP contribution in [0.15, 0.2) is 47.2 Å². The molecule has 0 spiro atoms. The average Bonchev–Trinajstić information content (AvgIpc) is 2.76. The summed E-state index contributed by atoms with van der Waals surface area (Å²) >= 11 is 3.38. The summed E-state index contributed by atoms with van der Waals surface area (Å²) < 4.78 is 11.6. The van der Waals surface area contributed by atoms with Gasteiger partial charge in [-0.2, -0.15) is 0 Å². The highest BCUT2D eigenvalue weighted by Gasteiger charge is 2.23. The molecule has 0 aliphatic carbocycles. The first kappa shape index (κ1) is 21.0. The number of nitrogens with zero attached hydrogens (tertiary/aromatic N) is 4. The summed E-state index contributed by atoms with van der Waals surface area (Å²) in [5.74, 6) is 0.823. The number of esters is 1. The monoisotopic (exact) mass is 462 g/mol. The topological polar surface area (TPSA) is 84.9 Å². The van der Waals surface area contributed by atoms with Crippen molar-refractivity contribution in [1.29, 1.82) is 0 Å². The number of halogens is 1. The number of hydrogen-bond donors (Lipinski definition) is 0. The summed E-state index contributed by atoms with van der Waals surface area (Å²) in [6.07, 6.45) is 4.13. The van der Waals surface area contributed by atoms with Gasteiger partial charge in [-0.3, -0.25) is 9.59 Å². The van der Waals surface area contributed by atoms with Crippen molar-refractivity contribution >= 4 is 33.8 Å². The largest absolute Gasteiger partial charge is 0.494 e. The number of piperazine rings is 1. The van der Waals surface area contributed by atoms with Gasteiger partial charge >= 0.3 is 5.97 Å². The third-order valence-corrected chi connectivity index (χ3v) is 4.91. The lowest BCUT2D eigenvalue weighted by atomic mass is 10.3. The zero-order chi connectivity index (χ0) is 20.5. The van der Waals surface area contributed by atoms with E-state index in [0.717, 1.165) is 10.2 Å². The molecule has 0 saturated carbocycles. The molecule has 0 unspecified atom stereocenters. The molecule has 1 aromatic carbocycles. The summed E-state index contributed by atoms with van der Waals surface area (Å²) in [4.78, 5) is 36.3. The maximum Gasteiger partial charge on any atom is 0.306 e. The molecule has 1 amide bonds. The Balaban J connectivity index is 1.29. The van der Waals surface area contributed by atoms with E-state index in [1.807, 2.05) is 29.2 Å². The number of carbonyl (C=O) groups excluding carboxylic acids is 2. The number of amides is 1. The minimum Gasteiger partial charge on any atom is -0.494 e. The number of hydrogen-bond acceptors (Lipinski definition) is 7. The van der Waals surface area contributed by atoms with Gasteiger partial charge in [0.05, 0.1) is 6.61 Å². The number of carbonyl (C=O) groups is 2. The maximum absolute atomic E-state index is 12.3. The lowest BCUT2D eigenvalue weighted by Gasteiger charge is -2.34. The van der Waals surface area contributed by atoms with Crippen LogP contribution in [0.4, 0.5) is 5.95 Å². The highest BCUT2D eigenvalue weighted by Crippen LogP contribution is 2.18. The smallest absolute Gasteiger partial charge is 0.306 e. The minimum atomic E-state index is -0.396. The first-order valence-corrected chi connectivity index (χ1v) is 10.2. The van der Waals surface area contributed by atoms with Crippen molar-refractivity contribution < 1.29 is 19.1 Å². The van der Waals surface area contributed by atoms with E-state index in [1.165, 1.54) is 0 Å².